The third kappa shape index (κ3) is 3.46. The van der Waals surface area contributed by atoms with Crippen LogP contribution in [-0.2, 0) is 6.61 Å². The SMILES string of the molecule is O=c1ccc2ccc(OCc3nc(-c4cccc(Br)c4)no3)cc2o1. The van der Waals surface area contributed by atoms with Crippen LogP contribution in [-0.4, -0.2) is 10.1 Å². The number of benzene rings is 2. The van der Waals surface area contributed by atoms with Crippen molar-refractivity contribution >= 4 is 26.9 Å². The van der Waals surface area contributed by atoms with E-state index in [9.17, 15) is 4.79 Å². The predicted octanol–water partition coefficient (Wildman–Crippen LogP) is 4.18. The fraction of sp³-hybridized carbons (Fsp3) is 0.0556. The van der Waals surface area contributed by atoms with Gasteiger partial charge in [-0.25, -0.2) is 4.79 Å². The van der Waals surface area contributed by atoms with Gasteiger partial charge in [-0.2, -0.15) is 4.98 Å². The third-order valence-corrected chi connectivity index (χ3v) is 4.00. The lowest BCUT2D eigenvalue weighted by Gasteiger charge is -2.03. The minimum Gasteiger partial charge on any atom is -0.484 e. The molecule has 7 heteroatoms. The van der Waals surface area contributed by atoms with Gasteiger partial charge in [-0.05, 0) is 30.3 Å². The highest BCUT2D eigenvalue weighted by molar-refractivity contribution is 9.10. The topological polar surface area (TPSA) is 78.4 Å². The Morgan fingerprint density at radius 2 is 1.96 bits per heavy atom. The molecule has 0 unspecified atom stereocenters. The first-order valence-corrected chi connectivity index (χ1v) is 8.22. The summed E-state index contributed by atoms with van der Waals surface area (Å²) in [5.41, 5.74) is 0.905. The molecule has 25 heavy (non-hydrogen) atoms. The van der Waals surface area contributed by atoms with E-state index in [1.807, 2.05) is 30.3 Å². The molecule has 0 N–H and O–H groups in total. The van der Waals surface area contributed by atoms with Crippen LogP contribution in [0, 0.1) is 0 Å². The number of aromatic nitrogens is 2. The fourth-order valence-electron chi connectivity index (χ4n) is 2.33. The van der Waals surface area contributed by atoms with Crippen LogP contribution < -0.4 is 10.4 Å². The van der Waals surface area contributed by atoms with E-state index in [1.165, 1.54) is 6.07 Å². The van der Waals surface area contributed by atoms with Crippen molar-refractivity contribution in [2.24, 2.45) is 0 Å². The second-order valence-electron chi connectivity index (χ2n) is 5.26. The molecule has 2 aromatic carbocycles. The molecule has 0 aliphatic heterocycles. The van der Waals surface area contributed by atoms with Crippen molar-refractivity contribution in [1.29, 1.82) is 0 Å². The lowest BCUT2D eigenvalue weighted by atomic mass is 10.2. The van der Waals surface area contributed by atoms with Crippen molar-refractivity contribution in [3.05, 3.63) is 75.4 Å². The summed E-state index contributed by atoms with van der Waals surface area (Å²) in [6.45, 7) is 0.115. The number of hydrogen-bond donors (Lipinski definition) is 0. The van der Waals surface area contributed by atoms with E-state index in [2.05, 4.69) is 26.1 Å². The van der Waals surface area contributed by atoms with E-state index in [1.54, 1.807) is 18.2 Å². The summed E-state index contributed by atoms with van der Waals surface area (Å²) in [5.74, 6) is 1.39. The minimum atomic E-state index is -0.403. The van der Waals surface area contributed by atoms with Gasteiger partial charge in [0, 0.05) is 27.6 Å². The summed E-state index contributed by atoms with van der Waals surface area (Å²) in [5, 5.41) is 4.78. The Hall–Kier alpha value is -2.93. The highest BCUT2D eigenvalue weighted by atomic mass is 79.9. The highest BCUT2D eigenvalue weighted by Gasteiger charge is 2.10. The van der Waals surface area contributed by atoms with Gasteiger partial charge in [0.15, 0.2) is 6.61 Å². The first-order valence-electron chi connectivity index (χ1n) is 7.43. The van der Waals surface area contributed by atoms with Gasteiger partial charge in [-0.15, -0.1) is 0 Å². The molecule has 0 amide bonds. The molecule has 124 valence electrons. The average Bonchev–Trinajstić information content (AvgIpc) is 3.08. The largest absolute Gasteiger partial charge is 0.484 e. The van der Waals surface area contributed by atoms with E-state index < -0.39 is 5.63 Å². The van der Waals surface area contributed by atoms with Crippen LogP contribution in [0.1, 0.15) is 5.89 Å². The van der Waals surface area contributed by atoms with Gasteiger partial charge < -0.3 is 13.7 Å². The Kier molecular flexibility index (Phi) is 4.07. The zero-order valence-corrected chi connectivity index (χ0v) is 14.4. The molecule has 0 saturated carbocycles. The van der Waals surface area contributed by atoms with Crippen LogP contribution >= 0.6 is 15.9 Å². The van der Waals surface area contributed by atoms with Gasteiger partial charge in [0.1, 0.15) is 11.3 Å². The minimum absolute atomic E-state index is 0.115. The van der Waals surface area contributed by atoms with Crippen LogP contribution in [0.4, 0.5) is 0 Å². The summed E-state index contributed by atoms with van der Waals surface area (Å²) < 4.78 is 16.9. The number of rotatable bonds is 4. The second kappa shape index (κ2) is 6.52. The smallest absolute Gasteiger partial charge is 0.336 e. The normalized spacial score (nSPS) is 10.9. The molecule has 0 bridgehead atoms. The maximum Gasteiger partial charge on any atom is 0.336 e. The lowest BCUT2D eigenvalue weighted by Crippen LogP contribution is -1.97. The summed E-state index contributed by atoms with van der Waals surface area (Å²) in [6, 6.07) is 16.0. The van der Waals surface area contributed by atoms with Crippen LogP contribution in [0.5, 0.6) is 5.75 Å². The van der Waals surface area contributed by atoms with Crippen molar-refractivity contribution in [2.75, 3.05) is 0 Å². The van der Waals surface area contributed by atoms with Crippen LogP contribution in [0.2, 0.25) is 0 Å². The molecule has 6 nitrogen and oxygen atoms in total. The van der Waals surface area contributed by atoms with Crippen molar-refractivity contribution in [2.45, 2.75) is 6.61 Å². The van der Waals surface area contributed by atoms with Gasteiger partial charge in [-0.1, -0.05) is 33.2 Å². The highest BCUT2D eigenvalue weighted by Crippen LogP contribution is 2.22. The number of fused-ring (bicyclic) bond motifs is 1. The molecule has 0 spiro atoms. The van der Waals surface area contributed by atoms with Gasteiger partial charge in [0.25, 0.3) is 5.89 Å². The van der Waals surface area contributed by atoms with E-state index >= 15 is 0 Å². The summed E-state index contributed by atoms with van der Waals surface area (Å²) in [4.78, 5) is 15.6. The molecule has 2 heterocycles. The Labute approximate surface area is 150 Å². The molecule has 4 aromatic rings. The molecule has 0 saturated heterocycles. The third-order valence-electron chi connectivity index (χ3n) is 3.51. The number of hydrogen-bond acceptors (Lipinski definition) is 6. The number of halogens is 1. The van der Waals surface area contributed by atoms with Crippen molar-refractivity contribution in [1.82, 2.24) is 10.1 Å². The van der Waals surface area contributed by atoms with E-state index in [4.69, 9.17) is 13.7 Å². The Morgan fingerprint density at radius 1 is 1.08 bits per heavy atom. The Balaban J connectivity index is 1.51. The van der Waals surface area contributed by atoms with Crippen LogP contribution in [0.15, 0.2) is 72.8 Å². The molecule has 2 aromatic heterocycles. The number of ether oxygens (including phenoxy) is 1. The van der Waals surface area contributed by atoms with Crippen molar-refractivity contribution < 1.29 is 13.7 Å². The molecular weight excluding hydrogens is 388 g/mol. The molecule has 0 aliphatic rings. The molecule has 0 atom stereocenters. The molecular formula is C18H11BrN2O4. The molecule has 4 rings (SSSR count). The maximum atomic E-state index is 11.3. The quantitative estimate of drug-likeness (QED) is 0.479. The fourth-order valence-corrected chi connectivity index (χ4v) is 2.73. The molecule has 0 radical (unpaired) electrons. The van der Waals surface area contributed by atoms with E-state index in [0.717, 1.165) is 15.4 Å². The zero-order valence-electron chi connectivity index (χ0n) is 12.8. The predicted molar refractivity (Wildman–Crippen MR) is 94.3 cm³/mol. The van der Waals surface area contributed by atoms with Gasteiger partial charge in [0.05, 0.1) is 0 Å². The van der Waals surface area contributed by atoms with Crippen molar-refractivity contribution in [3.8, 4) is 17.1 Å². The van der Waals surface area contributed by atoms with Gasteiger partial charge in [-0.3, -0.25) is 0 Å². The van der Waals surface area contributed by atoms with E-state index in [0.29, 0.717) is 23.0 Å². The van der Waals surface area contributed by atoms with Crippen LogP contribution in [0.3, 0.4) is 0 Å². The Morgan fingerprint density at radius 3 is 2.84 bits per heavy atom. The van der Waals surface area contributed by atoms with E-state index in [-0.39, 0.29) is 6.61 Å². The zero-order chi connectivity index (χ0) is 17.2. The Bertz CT molecular complexity index is 1100. The number of nitrogens with zero attached hydrogens (tertiary/aromatic N) is 2. The summed E-state index contributed by atoms with van der Waals surface area (Å²) >= 11 is 3.41. The van der Waals surface area contributed by atoms with Gasteiger partial charge in [0.2, 0.25) is 5.82 Å². The average molecular weight is 399 g/mol. The summed E-state index contributed by atoms with van der Waals surface area (Å²) in [7, 11) is 0. The second-order valence-corrected chi connectivity index (χ2v) is 6.18. The molecule has 0 aliphatic carbocycles. The first kappa shape index (κ1) is 15.6. The first-order chi connectivity index (χ1) is 12.2. The maximum absolute atomic E-state index is 11.3. The lowest BCUT2D eigenvalue weighted by molar-refractivity contribution is 0.243. The van der Waals surface area contributed by atoms with Crippen LogP contribution in [0.25, 0.3) is 22.4 Å². The standard InChI is InChI=1S/C18H11BrN2O4/c19-13-3-1-2-12(8-13)18-20-16(25-21-18)10-23-14-6-4-11-5-7-17(22)24-15(11)9-14/h1-9H,10H2. The monoisotopic (exact) mass is 398 g/mol. The summed E-state index contributed by atoms with van der Waals surface area (Å²) in [6.07, 6.45) is 0. The van der Waals surface area contributed by atoms with Gasteiger partial charge >= 0.3 is 5.63 Å². The molecule has 0 fully saturated rings. The van der Waals surface area contributed by atoms with Crippen molar-refractivity contribution in [3.63, 3.8) is 0 Å².